The van der Waals surface area contributed by atoms with Crippen LogP contribution in [0.15, 0.2) is 18.2 Å². The smallest absolute Gasteiger partial charge is 0.305 e. The van der Waals surface area contributed by atoms with Crippen molar-refractivity contribution in [3.05, 3.63) is 29.6 Å². The molecule has 0 saturated heterocycles. The summed E-state index contributed by atoms with van der Waals surface area (Å²) < 4.78 is 17.6. The number of hydrogen-bond donors (Lipinski definition) is 1. The number of halogens is 1. The van der Waals surface area contributed by atoms with Crippen molar-refractivity contribution in [2.75, 3.05) is 6.61 Å². The minimum atomic E-state index is -0.421. The Hall–Kier alpha value is -1.58. The molecule has 0 saturated carbocycles. The molecular weight excluding hydrogens is 247 g/mol. The van der Waals surface area contributed by atoms with Gasteiger partial charge in [0.15, 0.2) is 0 Å². The van der Waals surface area contributed by atoms with Gasteiger partial charge in [0.25, 0.3) is 0 Å². The highest BCUT2D eigenvalue weighted by Crippen LogP contribution is 2.20. The molecule has 106 valence electrons. The third-order valence-electron chi connectivity index (χ3n) is 2.93. The quantitative estimate of drug-likeness (QED) is 0.579. The molecule has 0 amide bonds. The highest BCUT2D eigenvalue weighted by atomic mass is 19.1. The molecule has 0 bridgehead atoms. The number of rotatable bonds is 8. The third kappa shape index (κ3) is 6.22. The highest BCUT2D eigenvalue weighted by molar-refractivity contribution is 5.69. The molecule has 1 aromatic carbocycles. The number of aromatic hydroxyl groups is 1. The first-order chi connectivity index (χ1) is 9.13. The molecule has 1 aromatic rings. The molecule has 1 N–H and O–H groups in total. The van der Waals surface area contributed by atoms with Crippen LogP contribution in [0.2, 0.25) is 0 Å². The van der Waals surface area contributed by atoms with Crippen molar-refractivity contribution in [1.82, 2.24) is 0 Å². The molecule has 0 aromatic heterocycles. The first-order valence-corrected chi connectivity index (χ1v) is 6.76. The molecule has 4 heteroatoms. The van der Waals surface area contributed by atoms with E-state index in [1.807, 2.05) is 0 Å². The number of benzene rings is 1. The van der Waals surface area contributed by atoms with Crippen LogP contribution in [-0.2, 0) is 16.0 Å². The van der Waals surface area contributed by atoms with E-state index >= 15 is 0 Å². The van der Waals surface area contributed by atoms with Crippen molar-refractivity contribution >= 4 is 5.97 Å². The molecule has 1 rings (SSSR count). The Morgan fingerprint density at radius 3 is 2.68 bits per heavy atom. The molecule has 0 fully saturated rings. The summed E-state index contributed by atoms with van der Waals surface area (Å²) in [6.07, 6.45) is 4.88. The van der Waals surface area contributed by atoms with E-state index < -0.39 is 5.82 Å². The molecule has 0 radical (unpaired) electrons. The van der Waals surface area contributed by atoms with Gasteiger partial charge in [0.05, 0.1) is 6.61 Å². The van der Waals surface area contributed by atoms with Crippen molar-refractivity contribution < 1.29 is 19.0 Å². The number of aryl methyl sites for hydroxylation is 1. The van der Waals surface area contributed by atoms with Gasteiger partial charge in [0.1, 0.15) is 11.6 Å². The van der Waals surface area contributed by atoms with E-state index in [1.54, 1.807) is 13.0 Å². The first-order valence-electron chi connectivity index (χ1n) is 6.76. The fraction of sp³-hybridized carbons (Fsp3) is 0.533. The Labute approximate surface area is 113 Å². The van der Waals surface area contributed by atoms with Gasteiger partial charge < -0.3 is 9.84 Å². The van der Waals surface area contributed by atoms with Gasteiger partial charge in [-0.15, -0.1) is 0 Å². The van der Waals surface area contributed by atoms with Gasteiger partial charge in [-0.1, -0.05) is 18.9 Å². The van der Waals surface area contributed by atoms with E-state index in [1.165, 1.54) is 6.07 Å². The maximum Gasteiger partial charge on any atom is 0.305 e. The Morgan fingerprint density at radius 1 is 1.26 bits per heavy atom. The maximum absolute atomic E-state index is 12.8. The van der Waals surface area contributed by atoms with E-state index in [0.29, 0.717) is 13.0 Å². The summed E-state index contributed by atoms with van der Waals surface area (Å²) >= 11 is 0. The van der Waals surface area contributed by atoms with Crippen LogP contribution in [0.3, 0.4) is 0 Å². The van der Waals surface area contributed by atoms with Crippen molar-refractivity contribution in [1.29, 1.82) is 0 Å². The van der Waals surface area contributed by atoms with Crippen molar-refractivity contribution in [3.8, 4) is 5.75 Å². The highest BCUT2D eigenvalue weighted by Gasteiger charge is 2.03. The van der Waals surface area contributed by atoms with Crippen molar-refractivity contribution in [3.63, 3.8) is 0 Å². The van der Waals surface area contributed by atoms with Gasteiger partial charge in [-0.05, 0) is 37.8 Å². The van der Waals surface area contributed by atoms with Crippen LogP contribution in [0.25, 0.3) is 0 Å². The summed E-state index contributed by atoms with van der Waals surface area (Å²) in [6, 6.07) is 4.11. The average Bonchev–Trinajstić information content (AvgIpc) is 2.36. The zero-order valence-corrected chi connectivity index (χ0v) is 11.3. The van der Waals surface area contributed by atoms with Gasteiger partial charge >= 0.3 is 5.97 Å². The molecule has 0 unspecified atom stereocenters. The largest absolute Gasteiger partial charge is 0.508 e. The number of carbonyl (C=O) groups is 1. The Kier molecular flexibility index (Phi) is 6.93. The van der Waals surface area contributed by atoms with Gasteiger partial charge in [-0.25, -0.2) is 4.39 Å². The summed E-state index contributed by atoms with van der Waals surface area (Å²) in [7, 11) is 0. The van der Waals surface area contributed by atoms with Crippen LogP contribution in [0, 0.1) is 5.82 Å². The summed E-state index contributed by atoms with van der Waals surface area (Å²) in [5, 5.41) is 9.52. The molecular formula is C15H21FO3. The second-order valence-electron chi connectivity index (χ2n) is 4.49. The number of phenolic OH excluding ortho intramolecular Hbond substituents is 1. The topological polar surface area (TPSA) is 46.5 Å². The van der Waals surface area contributed by atoms with Crippen LogP contribution in [0.1, 0.15) is 44.6 Å². The molecule has 0 aliphatic rings. The van der Waals surface area contributed by atoms with Crippen LogP contribution < -0.4 is 0 Å². The lowest BCUT2D eigenvalue weighted by Gasteiger charge is -2.05. The number of hydrogen-bond acceptors (Lipinski definition) is 3. The summed E-state index contributed by atoms with van der Waals surface area (Å²) in [6.45, 7) is 2.23. The molecule has 0 aliphatic carbocycles. The molecule has 3 nitrogen and oxygen atoms in total. The predicted octanol–water partition coefficient (Wildman–Crippen LogP) is 3.59. The number of phenols is 1. The minimum Gasteiger partial charge on any atom is -0.508 e. The number of esters is 1. The Bertz CT molecular complexity index is 404. The van der Waals surface area contributed by atoms with E-state index in [0.717, 1.165) is 43.7 Å². The van der Waals surface area contributed by atoms with Gasteiger partial charge in [0, 0.05) is 12.5 Å². The molecule has 19 heavy (non-hydrogen) atoms. The average molecular weight is 268 g/mol. The predicted molar refractivity (Wildman–Crippen MR) is 71.5 cm³/mol. The van der Waals surface area contributed by atoms with Gasteiger partial charge in [-0.2, -0.15) is 0 Å². The molecule has 0 atom stereocenters. The third-order valence-corrected chi connectivity index (χ3v) is 2.93. The summed E-state index contributed by atoms with van der Waals surface area (Å²) in [5.41, 5.74) is 0.770. The summed E-state index contributed by atoms with van der Waals surface area (Å²) in [4.78, 5) is 11.1. The second-order valence-corrected chi connectivity index (χ2v) is 4.49. The lowest BCUT2D eigenvalue weighted by atomic mass is 10.0. The standard InChI is InChI=1S/C15H21FO3/c1-2-19-15(18)8-6-4-3-5-7-12-9-10-13(16)11-14(12)17/h9-11,17H,2-8H2,1H3. The maximum atomic E-state index is 12.8. The molecule has 0 aliphatic heterocycles. The van der Waals surface area contributed by atoms with Crippen LogP contribution >= 0.6 is 0 Å². The Morgan fingerprint density at radius 2 is 2.00 bits per heavy atom. The van der Waals surface area contributed by atoms with Crippen LogP contribution in [0.5, 0.6) is 5.75 Å². The zero-order valence-electron chi connectivity index (χ0n) is 11.3. The van der Waals surface area contributed by atoms with Crippen molar-refractivity contribution in [2.24, 2.45) is 0 Å². The molecule has 0 spiro atoms. The first kappa shape index (κ1) is 15.5. The van der Waals surface area contributed by atoms with E-state index in [9.17, 15) is 14.3 Å². The fourth-order valence-electron chi connectivity index (χ4n) is 1.92. The fourth-order valence-corrected chi connectivity index (χ4v) is 1.92. The normalized spacial score (nSPS) is 10.4. The minimum absolute atomic E-state index is 0.0199. The monoisotopic (exact) mass is 268 g/mol. The number of unbranched alkanes of at least 4 members (excludes halogenated alkanes) is 3. The van der Waals surface area contributed by atoms with Crippen LogP contribution in [-0.4, -0.2) is 17.7 Å². The number of ether oxygens (including phenoxy) is 1. The zero-order chi connectivity index (χ0) is 14.1. The van der Waals surface area contributed by atoms with Gasteiger partial charge in [-0.3, -0.25) is 4.79 Å². The van der Waals surface area contributed by atoms with E-state index in [2.05, 4.69) is 0 Å². The summed E-state index contributed by atoms with van der Waals surface area (Å²) in [5.74, 6) is -0.541. The van der Waals surface area contributed by atoms with Gasteiger partial charge in [0.2, 0.25) is 0 Å². The Balaban J connectivity index is 2.12. The lowest BCUT2D eigenvalue weighted by molar-refractivity contribution is -0.143. The van der Waals surface area contributed by atoms with E-state index in [-0.39, 0.29) is 11.7 Å². The SMILES string of the molecule is CCOC(=O)CCCCCCc1ccc(F)cc1O. The van der Waals surface area contributed by atoms with Crippen molar-refractivity contribution in [2.45, 2.75) is 45.4 Å². The van der Waals surface area contributed by atoms with E-state index in [4.69, 9.17) is 4.74 Å². The molecule has 0 heterocycles. The second kappa shape index (κ2) is 8.51. The number of carbonyl (C=O) groups excluding carboxylic acids is 1. The lowest BCUT2D eigenvalue weighted by Crippen LogP contribution is -2.03. The van der Waals surface area contributed by atoms with Crippen LogP contribution in [0.4, 0.5) is 4.39 Å².